The van der Waals surface area contributed by atoms with Crippen molar-refractivity contribution in [3.8, 4) is 0 Å². The predicted octanol–water partition coefficient (Wildman–Crippen LogP) is 2.46. The van der Waals surface area contributed by atoms with Crippen LogP contribution in [0.25, 0.3) is 0 Å². The van der Waals surface area contributed by atoms with E-state index in [-0.39, 0.29) is 23.3 Å². The molecule has 3 nitrogen and oxygen atoms in total. The fourth-order valence-electron chi connectivity index (χ4n) is 3.54. The Kier molecular flexibility index (Phi) is 4.31. The van der Waals surface area contributed by atoms with E-state index < -0.39 is 0 Å². The summed E-state index contributed by atoms with van der Waals surface area (Å²) < 4.78 is 0. The van der Waals surface area contributed by atoms with Gasteiger partial charge in [-0.25, -0.2) is 0 Å². The molecule has 2 fully saturated rings. The number of nitrogens with one attached hydrogen (secondary N) is 2. The van der Waals surface area contributed by atoms with E-state index in [0.29, 0.717) is 6.04 Å². The van der Waals surface area contributed by atoms with Crippen LogP contribution in [0.4, 0.5) is 0 Å². The fourth-order valence-corrected chi connectivity index (χ4v) is 3.54. The Balaban J connectivity index is 1.86. The lowest BCUT2D eigenvalue weighted by Gasteiger charge is -2.32. The highest BCUT2D eigenvalue weighted by atomic mass is 16.2. The summed E-state index contributed by atoms with van der Waals surface area (Å²) in [5.74, 6) is 0.487. The zero-order valence-corrected chi connectivity index (χ0v) is 12.1. The monoisotopic (exact) mass is 252 g/mol. The number of carbonyl (C=O) groups excluding carboxylic acids is 1. The molecule has 0 radical (unpaired) electrons. The number of piperidine rings is 1. The quantitative estimate of drug-likeness (QED) is 0.810. The molecule has 0 aromatic heterocycles. The van der Waals surface area contributed by atoms with Crippen LogP contribution in [-0.2, 0) is 4.79 Å². The van der Waals surface area contributed by atoms with Crippen LogP contribution >= 0.6 is 0 Å². The Morgan fingerprint density at radius 3 is 2.61 bits per heavy atom. The molecule has 1 aliphatic heterocycles. The minimum atomic E-state index is 0.184. The maximum atomic E-state index is 12.4. The normalized spacial score (nSPS) is 33.1. The molecule has 3 atom stereocenters. The van der Waals surface area contributed by atoms with Crippen molar-refractivity contribution < 1.29 is 4.79 Å². The highest BCUT2D eigenvalue weighted by Crippen LogP contribution is 2.42. The van der Waals surface area contributed by atoms with E-state index >= 15 is 0 Å². The third-order valence-corrected chi connectivity index (χ3v) is 4.90. The van der Waals surface area contributed by atoms with Gasteiger partial charge in [-0.2, -0.15) is 0 Å². The van der Waals surface area contributed by atoms with Crippen LogP contribution < -0.4 is 10.6 Å². The van der Waals surface area contributed by atoms with Crippen molar-refractivity contribution in [1.29, 1.82) is 0 Å². The van der Waals surface area contributed by atoms with E-state index in [0.717, 1.165) is 13.0 Å². The average Bonchev–Trinajstić information content (AvgIpc) is 2.70. The summed E-state index contributed by atoms with van der Waals surface area (Å²) in [5.41, 5.74) is 0.184. The molecule has 2 rings (SSSR count). The summed E-state index contributed by atoms with van der Waals surface area (Å²) in [7, 11) is 0. The zero-order valence-electron chi connectivity index (χ0n) is 12.1. The van der Waals surface area contributed by atoms with Gasteiger partial charge in [0.1, 0.15) is 0 Å². The number of carbonyl (C=O) groups is 1. The lowest BCUT2D eigenvalue weighted by Crippen LogP contribution is -2.52. The second-order valence-electron chi connectivity index (χ2n) is 6.79. The van der Waals surface area contributed by atoms with Gasteiger partial charge in [0.25, 0.3) is 0 Å². The van der Waals surface area contributed by atoms with Gasteiger partial charge in [0.2, 0.25) is 5.91 Å². The Hall–Kier alpha value is -0.570. The summed E-state index contributed by atoms with van der Waals surface area (Å²) in [6.07, 6.45) is 7.18. The minimum absolute atomic E-state index is 0.184. The van der Waals surface area contributed by atoms with Gasteiger partial charge in [-0.05, 0) is 44.6 Å². The number of hydrogen-bond acceptors (Lipinski definition) is 2. The molecular weight excluding hydrogens is 224 g/mol. The van der Waals surface area contributed by atoms with Crippen molar-refractivity contribution in [3.63, 3.8) is 0 Å². The fraction of sp³-hybridized carbons (Fsp3) is 0.933. The standard InChI is InChI=1S/C15H28N2O/c1-11(13-8-4-5-10-16-13)17-14(18)12-7-6-9-15(12,2)3/h11-13,16H,4-10H2,1-3H3,(H,17,18). The van der Waals surface area contributed by atoms with E-state index in [2.05, 4.69) is 31.4 Å². The summed E-state index contributed by atoms with van der Waals surface area (Å²) in [4.78, 5) is 12.4. The van der Waals surface area contributed by atoms with Gasteiger partial charge in [0.05, 0.1) is 0 Å². The first-order valence-electron chi connectivity index (χ1n) is 7.54. The van der Waals surface area contributed by atoms with Gasteiger partial charge in [0.15, 0.2) is 0 Å². The van der Waals surface area contributed by atoms with Crippen LogP contribution in [-0.4, -0.2) is 24.5 Å². The first-order chi connectivity index (χ1) is 8.50. The SMILES string of the molecule is CC(NC(=O)C1CCCC1(C)C)C1CCCCN1. The Bertz CT molecular complexity index is 295. The minimum Gasteiger partial charge on any atom is -0.352 e. The van der Waals surface area contributed by atoms with Crippen molar-refractivity contribution in [2.75, 3.05) is 6.54 Å². The van der Waals surface area contributed by atoms with Gasteiger partial charge in [-0.15, -0.1) is 0 Å². The van der Waals surface area contributed by atoms with E-state index in [1.165, 1.54) is 32.1 Å². The summed E-state index contributed by atoms with van der Waals surface area (Å²) in [5, 5.41) is 6.77. The van der Waals surface area contributed by atoms with Crippen LogP contribution in [0.2, 0.25) is 0 Å². The van der Waals surface area contributed by atoms with Gasteiger partial charge in [0, 0.05) is 18.0 Å². The highest BCUT2D eigenvalue weighted by molar-refractivity contribution is 5.80. The van der Waals surface area contributed by atoms with Crippen LogP contribution in [0.1, 0.15) is 59.3 Å². The molecule has 1 saturated heterocycles. The molecule has 3 heteroatoms. The zero-order chi connectivity index (χ0) is 13.2. The first-order valence-corrected chi connectivity index (χ1v) is 7.54. The Labute approximate surface area is 111 Å². The third kappa shape index (κ3) is 3.05. The maximum absolute atomic E-state index is 12.4. The summed E-state index contributed by atoms with van der Waals surface area (Å²) in [6, 6.07) is 0.724. The van der Waals surface area contributed by atoms with Crippen molar-refractivity contribution in [3.05, 3.63) is 0 Å². The molecule has 0 aromatic carbocycles. The van der Waals surface area contributed by atoms with Crippen LogP contribution in [0, 0.1) is 11.3 Å². The summed E-state index contributed by atoms with van der Waals surface area (Å²) in [6.45, 7) is 7.70. The van der Waals surface area contributed by atoms with Crippen molar-refractivity contribution >= 4 is 5.91 Å². The first kappa shape index (κ1) is 13.9. The molecule has 2 N–H and O–H groups in total. The third-order valence-electron chi connectivity index (χ3n) is 4.90. The van der Waals surface area contributed by atoms with Gasteiger partial charge in [-0.1, -0.05) is 26.7 Å². The predicted molar refractivity (Wildman–Crippen MR) is 74.4 cm³/mol. The molecule has 1 saturated carbocycles. The second-order valence-corrected chi connectivity index (χ2v) is 6.79. The average molecular weight is 252 g/mol. The molecule has 0 spiro atoms. The molecule has 0 bridgehead atoms. The smallest absolute Gasteiger partial charge is 0.223 e. The molecule has 2 aliphatic rings. The van der Waals surface area contributed by atoms with Crippen LogP contribution in [0.3, 0.4) is 0 Å². The van der Waals surface area contributed by atoms with E-state index in [9.17, 15) is 4.79 Å². The van der Waals surface area contributed by atoms with Crippen LogP contribution in [0.15, 0.2) is 0 Å². The van der Waals surface area contributed by atoms with Crippen molar-refractivity contribution in [1.82, 2.24) is 10.6 Å². The lowest BCUT2D eigenvalue weighted by molar-refractivity contribution is -0.128. The summed E-state index contributed by atoms with van der Waals surface area (Å²) >= 11 is 0. The molecule has 1 heterocycles. The molecule has 1 amide bonds. The molecule has 3 unspecified atom stereocenters. The lowest BCUT2D eigenvalue weighted by atomic mass is 9.81. The van der Waals surface area contributed by atoms with Gasteiger partial charge < -0.3 is 10.6 Å². The molecule has 1 aliphatic carbocycles. The van der Waals surface area contributed by atoms with E-state index in [4.69, 9.17) is 0 Å². The molecule has 0 aromatic rings. The van der Waals surface area contributed by atoms with Gasteiger partial charge in [-0.3, -0.25) is 4.79 Å². The Morgan fingerprint density at radius 1 is 1.28 bits per heavy atom. The largest absolute Gasteiger partial charge is 0.352 e. The molecule has 18 heavy (non-hydrogen) atoms. The topological polar surface area (TPSA) is 41.1 Å². The Morgan fingerprint density at radius 2 is 2.06 bits per heavy atom. The maximum Gasteiger partial charge on any atom is 0.223 e. The van der Waals surface area contributed by atoms with Crippen LogP contribution in [0.5, 0.6) is 0 Å². The molecular formula is C15H28N2O. The molecule has 104 valence electrons. The number of hydrogen-bond donors (Lipinski definition) is 2. The van der Waals surface area contributed by atoms with E-state index in [1.807, 2.05) is 0 Å². The van der Waals surface area contributed by atoms with Gasteiger partial charge >= 0.3 is 0 Å². The second kappa shape index (κ2) is 5.60. The van der Waals surface area contributed by atoms with Crippen molar-refractivity contribution in [2.24, 2.45) is 11.3 Å². The highest BCUT2D eigenvalue weighted by Gasteiger charge is 2.39. The number of amides is 1. The number of rotatable bonds is 3. The van der Waals surface area contributed by atoms with E-state index in [1.54, 1.807) is 0 Å². The van der Waals surface area contributed by atoms with Crippen molar-refractivity contribution in [2.45, 2.75) is 71.4 Å².